The fourth-order valence-electron chi connectivity index (χ4n) is 3.03. The molecule has 0 aliphatic carbocycles. The van der Waals surface area contributed by atoms with Crippen molar-refractivity contribution in [1.29, 1.82) is 0 Å². The number of ether oxygens (including phenoxy) is 1. The summed E-state index contributed by atoms with van der Waals surface area (Å²) in [4.78, 5) is 0. The number of aliphatic hydroxyl groups is 1. The van der Waals surface area contributed by atoms with Crippen molar-refractivity contribution in [2.75, 3.05) is 0 Å². The SMILES string of the molecule is CC(C)=CCc1c(O)cc(O)c2c1OC(c1ccc(Cl)c(C(F)(F)F)c1)=C(O)C2. The van der Waals surface area contributed by atoms with Crippen molar-refractivity contribution in [2.24, 2.45) is 0 Å². The van der Waals surface area contributed by atoms with E-state index < -0.39 is 16.8 Å². The number of benzene rings is 2. The van der Waals surface area contributed by atoms with E-state index in [1.807, 2.05) is 19.9 Å². The van der Waals surface area contributed by atoms with Gasteiger partial charge in [0.2, 0.25) is 0 Å². The number of phenolic OH excluding ortho intramolecular Hbond substituents is 2. The van der Waals surface area contributed by atoms with Crippen molar-refractivity contribution in [1.82, 2.24) is 0 Å². The number of aliphatic hydroxyl groups excluding tert-OH is 1. The van der Waals surface area contributed by atoms with E-state index in [0.717, 1.165) is 23.8 Å². The fraction of sp³-hybridized carbons (Fsp3) is 0.238. The summed E-state index contributed by atoms with van der Waals surface area (Å²) in [6.45, 7) is 3.74. The van der Waals surface area contributed by atoms with Gasteiger partial charge in [-0.2, -0.15) is 13.2 Å². The van der Waals surface area contributed by atoms with Crippen LogP contribution in [-0.2, 0) is 19.0 Å². The lowest BCUT2D eigenvalue weighted by Gasteiger charge is -2.25. The number of halogens is 4. The Bertz CT molecular complexity index is 1040. The summed E-state index contributed by atoms with van der Waals surface area (Å²) in [6, 6.07) is 4.31. The first-order valence-electron chi connectivity index (χ1n) is 8.66. The second-order valence-electron chi connectivity index (χ2n) is 6.93. The normalized spacial score (nSPS) is 13.7. The molecule has 1 aliphatic rings. The quantitative estimate of drug-likeness (QED) is 0.515. The maximum absolute atomic E-state index is 13.2. The predicted octanol–water partition coefficient (Wildman–Crippen LogP) is 6.14. The summed E-state index contributed by atoms with van der Waals surface area (Å²) in [5.74, 6) is -0.927. The molecule has 0 spiro atoms. The summed E-state index contributed by atoms with van der Waals surface area (Å²) >= 11 is 5.66. The van der Waals surface area contributed by atoms with Crippen LogP contribution in [0.5, 0.6) is 17.2 Å². The molecule has 0 atom stereocenters. The number of allylic oxidation sites excluding steroid dienone is 3. The van der Waals surface area contributed by atoms with Crippen LogP contribution in [0.15, 0.2) is 41.7 Å². The molecule has 1 aliphatic heterocycles. The molecule has 0 saturated carbocycles. The number of hydrogen-bond donors (Lipinski definition) is 3. The van der Waals surface area contributed by atoms with Gasteiger partial charge in [0.05, 0.1) is 10.6 Å². The average Bonchev–Trinajstić information content (AvgIpc) is 2.61. The number of aromatic hydroxyl groups is 2. The molecule has 0 fully saturated rings. The number of rotatable bonds is 3. The molecule has 3 rings (SSSR count). The van der Waals surface area contributed by atoms with Crippen molar-refractivity contribution < 1.29 is 33.2 Å². The Morgan fingerprint density at radius 3 is 2.45 bits per heavy atom. The monoisotopic (exact) mass is 426 g/mol. The van der Waals surface area contributed by atoms with Crippen LogP contribution in [-0.4, -0.2) is 15.3 Å². The first-order chi connectivity index (χ1) is 13.5. The number of fused-ring (bicyclic) bond motifs is 1. The van der Waals surface area contributed by atoms with Crippen LogP contribution in [0.2, 0.25) is 5.02 Å². The Balaban J connectivity index is 2.11. The molecular weight excluding hydrogens is 409 g/mol. The predicted molar refractivity (Wildman–Crippen MR) is 103 cm³/mol. The molecule has 2 aromatic rings. The molecule has 0 aromatic heterocycles. The van der Waals surface area contributed by atoms with Gasteiger partial charge in [-0.25, -0.2) is 0 Å². The Morgan fingerprint density at radius 1 is 1.14 bits per heavy atom. The van der Waals surface area contributed by atoms with Crippen LogP contribution in [0.3, 0.4) is 0 Å². The number of phenols is 2. The molecule has 0 radical (unpaired) electrons. The van der Waals surface area contributed by atoms with Crippen LogP contribution in [0, 0.1) is 0 Å². The van der Waals surface area contributed by atoms with Crippen molar-refractivity contribution in [3.63, 3.8) is 0 Å². The Labute approximate surface area is 170 Å². The minimum Gasteiger partial charge on any atom is -0.508 e. The molecule has 2 aromatic carbocycles. The van der Waals surface area contributed by atoms with E-state index in [4.69, 9.17) is 16.3 Å². The summed E-state index contributed by atoms with van der Waals surface area (Å²) in [6.07, 6.45) is -2.74. The third-order valence-corrected chi connectivity index (χ3v) is 4.83. The van der Waals surface area contributed by atoms with E-state index in [0.29, 0.717) is 5.56 Å². The maximum Gasteiger partial charge on any atom is 0.417 e. The zero-order valence-corrected chi connectivity index (χ0v) is 16.3. The maximum atomic E-state index is 13.2. The van der Waals surface area contributed by atoms with Crippen LogP contribution in [0.1, 0.15) is 36.1 Å². The Hall–Kier alpha value is -2.80. The minimum absolute atomic E-state index is 0.0270. The standard InChI is InChI=1S/C21H18ClF3O4/c1-10(2)3-5-12-16(26)9-17(27)13-8-18(28)19(29-20(12)13)11-4-6-15(22)14(7-11)21(23,24)25/h3-4,6-7,9,26-28H,5,8H2,1-2H3. The smallest absolute Gasteiger partial charge is 0.417 e. The topological polar surface area (TPSA) is 69.9 Å². The zero-order valence-electron chi connectivity index (χ0n) is 15.6. The van der Waals surface area contributed by atoms with E-state index in [1.165, 1.54) is 6.07 Å². The van der Waals surface area contributed by atoms with Gasteiger partial charge in [0.1, 0.15) is 23.0 Å². The minimum atomic E-state index is -4.68. The molecule has 29 heavy (non-hydrogen) atoms. The molecule has 1 heterocycles. The lowest BCUT2D eigenvalue weighted by Crippen LogP contribution is -2.13. The molecule has 154 valence electrons. The van der Waals surface area contributed by atoms with Crippen LogP contribution in [0.25, 0.3) is 5.76 Å². The van der Waals surface area contributed by atoms with E-state index >= 15 is 0 Å². The van der Waals surface area contributed by atoms with Gasteiger partial charge in [-0.05, 0) is 38.5 Å². The highest BCUT2D eigenvalue weighted by Gasteiger charge is 2.35. The van der Waals surface area contributed by atoms with Crippen LogP contribution < -0.4 is 4.74 Å². The molecule has 0 unspecified atom stereocenters. The summed E-state index contributed by atoms with van der Waals surface area (Å²) in [5, 5.41) is 30.3. The molecule has 0 amide bonds. The fourth-order valence-corrected chi connectivity index (χ4v) is 3.26. The first-order valence-corrected chi connectivity index (χ1v) is 9.04. The van der Waals surface area contributed by atoms with Crippen molar-refractivity contribution in [2.45, 2.75) is 32.9 Å². The van der Waals surface area contributed by atoms with E-state index in [1.54, 1.807) is 0 Å². The lowest BCUT2D eigenvalue weighted by atomic mass is 9.96. The van der Waals surface area contributed by atoms with Gasteiger partial charge >= 0.3 is 6.18 Å². The van der Waals surface area contributed by atoms with Gasteiger partial charge < -0.3 is 20.1 Å². The molecule has 0 bridgehead atoms. The molecular formula is C21H18ClF3O4. The van der Waals surface area contributed by atoms with Crippen molar-refractivity contribution in [3.8, 4) is 17.2 Å². The number of alkyl halides is 3. The summed E-state index contributed by atoms with van der Waals surface area (Å²) in [7, 11) is 0. The van der Waals surface area contributed by atoms with Crippen LogP contribution >= 0.6 is 11.6 Å². The average molecular weight is 427 g/mol. The van der Waals surface area contributed by atoms with Crippen LogP contribution in [0.4, 0.5) is 13.2 Å². The highest BCUT2D eigenvalue weighted by molar-refractivity contribution is 6.31. The van der Waals surface area contributed by atoms with Crippen molar-refractivity contribution >= 4 is 17.4 Å². The van der Waals surface area contributed by atoms with Gasteiger partial charge in [0, 0.05) is 29.2 Å². The second-order valence-corrected chi connectivity index (χ2v) is 7.34. The van der Waals surface area contributed by atoms with Gasteiger partial charge in [0.15, 0.2) is 5.76 Å². The highest BCUT2D eigenvalue weighted by atomic mass is 35.5. The van der Waals surface area contributed by atoms with Gasteiger partial charge in [-0.1, -0.05) is 23.3 Å². The Kier molecular flexibility index (Phi) is 5.45. The molecule has 0 saturated heterocycles. The second kappa shape index (κ2) is 7.55. The van der Waals surface area contributed by atoms with Gasteiger partial charge in [0.25, 0.3) is 0 Å². The van der Waals surface area contributed by atoms with Gasteiger partial charge in [-0.3, -0.25) is 0 Å². The summed E-state index contributed by atoms with van der Waals surface area (Å²) in [5.41, 5.74) is 0.490. The van der Waals surface area contributed by atoms with Gasteiger partial charge in [-0.15, -0.1) is 0 Å². The van der Waals surface area contributed by atoms with E-state index in [-0.39, 0.29) is 52.7 Å². The van der Waals surface area contributed by atoms with Crippen molar-refractivity contribution in [3.05, 3.63) is 69.0 Å². The highest BCUT2D eigenvalue weighted by Crippen LogP contribution is 2.46. The first kappa shape index (κ1) is 20.9. The lowest BCUT2D eigenvalue weighted by molar-refractivity contribution is -0.137. The zero-order chi connectivity index (χ0) is 21.5. The molecule has 4 nitrogen and oxygen atoms in total. The molecule has 3 N–H and O–H groups in total. The third kappa shape index (κ3) is 4.15. The third-order valence-electron chi connectivity index (χ3n) is 4.50. The Morgan fingerprint density at radius 2 is 1.83 bits per heavy atom. The molecule has 8 heteroatoms. The van der Waals surface area contributed by atoms with E-state index in [9.17, 15) is 28.5 Å². The largest absolute Gasteiger partial charge is 0.508 e. The van der Waals surface area contributed by atoms with E-state index in [2.05, 4.69) is 0 Å². The number of hydrogen-bond acceptors (Lipinski definition) is 4. The summed E-state index contributed by atoms with van der Waals surface area (Å²) < 4.78 is 45.3.